The highest BCUT2D eigenvalue weighted by Crippen LogP contribution is 1.95. The third-order valence-corrected chi connectivity index (χ3v) is 2.88. The van der Waals surface area contributed by atoms with Crippen LogP contribution in [0.2, 0.25) is 0 Å². The standard InChI is InChI=1S/C10H18FNO3.C5H7FO.C5H11NO2/c1-3-15-10(14)4-5-12-9(7-11)6-8(2)13;1-5(7)3-2-4-6;1-2-8-5(7)3-4-6/h9,12H,3-7H2,1-2H3;2-3H,4H2,1H3;2-4,6H2,1H3/b;3-2+;. The van der Waals surface area contributed by atoms with E-state index < -0.39 is 19.4 Å². The number of nitrogens with two attached hydrogens (primary N) is 1. The number of carbonyl (C=O) groups is 4. The molecule has 30 heavy (non-hydrogen) atoms. The van der Waals surface area contributed by atoms with Crippen molar-refractivity contribution < 1.29 is 37.4 Å². The normalized spacial score (nSPS) is 10.8. The van der Waals surface area contributed by atoms with E-state index in [2.05, 4.69) is 10.1 Å². The molecule has 0 heterocycles. The molecule has 10 heteroatoms. The topological polar surface area (TPSA) is 125 Å². The number of halogens is 2. The summed E-state index contributed by atoms with van der Waals surface area (Å²) in [5.74, 6) is -0.709. The highest BCUT2D eigenvalue weighted by Gasteiger charge is 2.11. The Labute approximate surface area is 177 Å². The van der Waals surface area contributed by atoms with Crippen molar-refractivity contribution in [1.82, 2.24) is 5.32 Å². The number of hydrogen-bond acceptors (Lipinski definition) is 8. The van der Waals surface area contributed by atoms with E-state index in [1.54, 1.807) is 13.8 Å². The molecule has 0 saturated heterocycles. The van der Waals surface area contributed by atoms with Crippen LogP contribution in [0.25, 0.3) is 0 Å². The molecule has 0 aliphatic heterocycles. The summed E-state index contributed by atoms with van der Waals surface area (Å²) in [6.07, 6.45) is 3.07. The van der Waals surface area contributed by atoms with Gasteiger partial charge in [0, 0.05) is 25.6 Å². The fourth-order valence-corrected chi connectivity index (χ4v) is 1.70. The molecule has 0 bridgehead atoms. The van der Waals surface area contributed by atoms with Crippen molar-refractivity contribution in [3.63, 3.8) is 0 Å². The molecular formula is C20H36F2N2O6. The zero-order chi connectivity index (χ0) is 23.8. The molecule has 0 rings (SSSR count). The molecule has 0 aromatic rings. The number of nitrogens with one attached hydrogen (secondary N) is 1. The predicted octanol–water partition coefficient (Wildman–Crippen LogP) is 1.85. The number of hydrogen-bond donors (Lipinski definition) is 2. The first-order chi connectivity index (χ1) is 14.2. The number of carbonyl (C=O) groups excluding carboxylic acids is 4. The van der Waals surface area contributed by atoms with Crippen LogP contribution in [0.1, 0.15) is 47.0 Å². The first kappa shape index (κ1) is 32.5. The van der Waals surface area contributed by atoms with Gasteiger partial charge in [0.15, 0.2) is 5.78 Å². The van der Waals surface area contributed by atoms with Crippen LogP contribution in [0, 0.1) is 0 Å². The van der Waals surface area contributed by atoms with E-state index in [0.29, 0.717) is 32.7 Å². The lowest BCUT2D eigenvalue weighted by atomic mass is 10.1. The minimum absolute atomic E-state index is 0.0683. The van der Waals surface area contributed by atoms with Gasteiger partial charge in [0.05, 0.1) is 26.1 Å². The van der Waals surface area contributed by atoms with Crippen LogP contribution in [-0.2, 0) is 28.7 Å². The van der Waals surface area contributed by atoms with Gasteiger partial charge in [-0.1, -0.05) is 6.08 Å². The maximum atomic E-state index is 12.4. The van der Waals surface area contributed by atoms with Crippen LogP contribution in [0.5, 0.6) is 0 Å². The summed E-state index contributed by atoms with van der Waals surface area (Å²) in [6, 6.07) is -0.489. The summed E-state index contributed by atoms with van der Waals surface area (Å²) < 4.78 is 32.7. The molecule has 0 radical (unpaired) electrons. The number of ketones is 2. The summed E-state index contributed by atoms with van der Waals surface area (Å²) in [7, 11) is 0. The minimum Gasteiger partial charge on any atom is -0.466 e. The lowest BCUT2D eigenvalue weighted by Crippen LogP contribution is -2.34. The molecule has 1 atom stereocenters. The van der Waals surface area contributed by atoms with Gasteiger partial charge in [-0.15, -0.1) is 0 Å². The van der Waals surface area contributed by atoms with Crippen LogP contribution in [-0.4, -0.2) is 69.2 Å². The monoisotopic (exact) mass is 438 g/mol. The summed E-state index contributed by atoms with van der Waals surface area (Å²) in [5.41, 5.74) is 5.06. The van der Waals surface area contributed by atoms with E-state index in [9.17, 15) is 28.0 Å². The Morgan fingerprint density at radius 1 is 1.00 bits per heavy atom. The van der Waals surface area contributed by atoms with Gasteiger partial charge in [0.1, 0.15) is 19.1 Å². The number of alkyl halides is 2. The van der Waals surface area contributed by atoms with Crippen LogP contribution in [0.4, 0.5) is 8.78 Å². The second kappa shape index (κ2) is 24.8. The van der Waals surface area contributed by atoms with Gasteiger partial charge in [-0.25, -0.2) is 8.78 Å². The number of Topliss-reactive ketones (excluding diaryl/α,β-unsaturated/α-hetero) is 1. The fourth-order valence-electron chi connectivity index (χ4n) is 1.70. The number of rotatable bonds is 13. The zero-order valence-corrected chi connectivity index (χ0v) is 18.4. The molecule has 1 unspecified atom stereocenters. The highest BCUT2D eigenvalue weighted by atomic mass is 19.1. The molecule has 0 aromatic heterocycles. The van der Waals surface area contributed by atoms with Crippen molar-refractivity contribution in [2.45, 2.75) is 53.0 Å². The Bertz CT molecular complexity index is 494. The Morgan fingerprint density at radius 2 is 1.53 bits per heavy atom. The molecule has 0 aliphatic rings. The maximum absolute atomic E-state index is 12.4. The van der Waals surface area contributed by atoms with Crippen molar-refractivity contribution in [2.24, 2.45) is 5.73 Å². The smallest absolute Gasteiger partial charge is 0.307 e. The number of allylic oxidation sites excluding steroid dienone is 2. The minimum atomic E-state index is -0.609. The van der Waals surface area contributed by atoms with E-state index in [0.717, 1.165) is 0 Å². The van der Waals surface area contributed by atoms with Gasteiger partial charge in [-0.2, -0.15) is 0 Å². The molecular weight excluding hydrogens is 402 g/mol. The first-order valence-electron chi connectivity index (χ1n) is 9.71. The summed E-state index contributed by atoms with van der Waals surface area (Å²) in [4.78, 5) is 41.9. The molecule has 0 aromatic carbocycles. The van der Waals surface area contributed by atoms with Gasteiger partial charge in [-0.3, -0.25) is 19.2 Å². The first-order valence-corrected chi connectivity index (χ1v) is 9.71. The average molecular weight is 439 g/mol. The van der Waals surface area contributed by atoms with Gasteiger partial charge in [-0.05, 0) is 33.8 Å². The van der Waals surface area contributed by atoms with Gasteiger partial charge in [0.25, 0.3) is 0 Å². The lowest BCUT2D eigenvalue weighted by Gasteiger charge is -2.12. The van der Waals surface area contributed by atoms with Gasteiger partial charge < -0.3 is 20.5 Å². The van der Waals surface area contributed by atoms with Crippen LogP contribution >= 0.6 is 0 Å². The Hall–Kier alpha value is -2.20. The predicted molar refractivity (Wildman–Crippen MR) is 110 cm³/mol. The largest absolute Gasteiger partial charge is 0.466 e. The number of esters is 2. The van der Waals surface area contributed by atoms with Crippen LogP contribution < -0.4 is 11.1 Å². The molecule has 0 amide bonds. The quantitative estimate of drug-likeness (QED) is 0.330. The van der Waals surface area contributed by atoms with E-state index in [-0.39, 0.29) is 36.3 Å². The highest BCUT2D eigenvalue weighted by molar-refractivity contribution is 5.87. The van der Waals surface area contributed by atoms with Crippen LogP contribution in [0.3, 0.4) is 0 Å². The Kier molecular flexibility index (Phi) is 26.9. The summed E-state index contributed by atoms with van der Waals surface area (Å²) in [6.45, 7) is 6.63. The van der Waals surface area contributed by atoms with Crippen molar-refractivity contribution in [3.8, 4) is 0 Å². The molecule has 0 spiro atoms. The fraction of sp³-hybridized carbons (Fsp3) is 0.700. The van der Waals surface area contributed by atoms with Crippen molar-refractivity contribution >= 4 is 23.5 Å². The van der Waals surface area contributed by atoms with E-state index >= 15 is 0 Å². The third kappa shape index (κ3) is 30.5. The Balaban J connectivity index is -0.000000408. The molecule has 3 N–H and O–H groups in total. The van der Waals surface area contributed by atoms with E-state index in [1.807, 2.05) is 0 Å². The summed E-state index contributed by atoms with van der Waals surface area (Å²) >= 11 is 0. The van der Waals surface area contributed by atoms with E-state index in [1.165, 1.54) is 26.0 Å². The van der Waals surface area contributed by atoms with Crippen molar-refractivity contribution in [1.29, 1.82) is 0 Å². The molecule has 0 fully saturated rings. The van der Waals surface area contributed by atoms with E-state index in [4.69, 9.17) is 10.5 Å². The maximum Gasteiger partial charge on any atom is 0.307 e. The third-order valence-electron chi connectivity index (χ3n) is 2.88. The van der Waals surface area contributed by atoms with Gasteiger partial charge >= 0.3 is 11.9 Å². The van der Waals surface area contributed by atoms with Crippen molar-refractivity contribution in [3.05, 3.63) is 12.2 Å². The molecule has 176 valence electrons. The number of ether oxygens (including phenoxy) is 2. The summed E-state index contributed by atoms with van der Waals surface area (Å²) in [5, 5.41) is 2.79. The SMILES string of the molecule is CC(=O)/C=C/CF.CCOC(=O)CCN.CCOC(=O)CCNC(CF)CC(C)=O. The van der Waals surface area contributed by atoms with Gasteiger partial charge in [0.2, 0.25) is 0 Å². The second-order valence-electron chi connectivity index (χ2n) is 5.78. The average Bonchev–Trinajstić information content (AvgIpc) is 2.67. The lowest BCUT2D eigenvalue weighted by molar-refractivity contribution is -0.143. The zero-order valence-electron chi connectivity index (χ0n) is 18.4. The van der Waals surface area contributed by atoms with Crippen LogP contribution in [0.15, 0.2) is 12.2 Å². The molecule has 0 saturated carbocycles. The molecule has 8 nitrogen and oxygen atoms in total. The Morgan fingerprint density at radius 3 is 1.87 bits per heavy atom. The van der Waals surface area contributed by atoms with Crippen molar-refractivity contribution in [2.75, 3.05) is 39.7 Å². The molecule has 0 aliphatic carbocycles. The second-order valence-corrected chi connectivity index (χ2v) is 5.78.